The Balaban J connectivity index is 1.47. The molecule has 1 atom stereocenters. The van der Waals surface area contributed by atoms with E-state index in [1.165, 1.54) is 0 Å². The monoisotopic (exact) mass is 353 g/mol. The molecule has 1 aliphatic rings. The van der Waals surface area contributed by atoms with Crippen LogP contribution in [0.4, 0.5) is 0 Å². The molecule has 26 heavy (non-hydrogen) atoms. The van der Waals surface area contributed by atoms with Crippen molar-refractivity contribution in [2.75, 3.05) is 19.8 Å². The van der Waals surface area contributed by atoms with Gasteiger partial charge in [0.1, 0.15) is 19.0 Å². The molecule has 1 saturated heterocycles. The predicted molar refractivity (Wildman–Crippen MR) is 93.5 cm³/mol. The van der Waals surface area contributed by atoms with Gasteiger partial charge in [-0.15, -0.1) is 0 Å². The molecule has 0 bridgehead atoms. The Labute approximate surface area is 151 Å². The van der Waals surface area contributed by atoms with Crippen LogP contribution < -0.4 is 4.74 Å². The average molecular weight is 353 g/mol. The first-order chi connectivity index (χ1) is 12.6. The SMILES string of the molecule is O=C(OCCN1C(=O)CC(COc2ccccc2)C1=O)c1ccccc1. The van der Waals surface area contributed by atoms with Gasteiger partial charge in [-0.25, -0.2) is 4.79 Å². The number of hydrogen-bond acceptors (Lipinski definition) is 5. The highest BCUT2D eigenvalue weighted by atomic mass is 16.5. The van der Waals surface area contributed by atoms with E-state index in [2.05, 4.69) is 0 Å². The second-order valence-electron chi connectivity index (χ2n) is 5.91. The summed E-state index contributed by atoms with van der Waals surface area (Å²) in [5.74, 6) is -0.890. The highest BCUT2D eigenvalue weighted by Crippen LogP contribution is 2.21. The third-order valence-electron chi connectivity index (χ3n) is 4.09. The van der Waals surface area contributed by atoms with Crippen LogP contribution in [0.15, 0.2) is 60.7 Å². The summed E-state index contributed by atoms with van der Waals surface area (Å²) in [5, 5.41) is 0. The molecule has 6 nitrogen and oxygen atoms in total. The highest BCUT2D eigenvalue weighted by molar-refractivity contribution is 6.03. The fourth-order valence-electron chi connectivity index (χ4n) is 2.72. The first-order valence-electron chi connectivity index (χ1n) is 8.39. The van der Waals surface area contributed by atoms with Crippen molar-refractivity contribution in [3.63, 3.8) is 0 Å². The van der Waals surface area contributed by atoms with Crippen LogP contribution in [0.2, 0.25) is 0 Å². The van der Waals surface area contributed by atoms with E-state index in [4.69, 9.17) is 9.47 Å². The van der Waals surface area contributed by atoms with Gasteiger partial charge in [0.2, 0.25) is 11.8 Å². The van der Waals surface area contributed by atoms with Crippen molar-refractivity contribution < 1.29 is 23.9 Å². The van der Waals surface area contributed by atoms with Crippen molar-refractivity contribution in [1.29, 1.82) is 0 Å². The first kappa shape index (κ1) is 17.7. The lowest BCUT2D eigenvalue weighted by atomic mass is 10.1. The van der Waals surface area contributed by atoms with Crippen molar-refractivity contribution in [1.82, 2.24) is 4.90 Å². The molecule has 1 fully saturated rings. The summed E-state index contributed by atoms with van der Waals surface area (Å²) in [5.41, 5.74) is 0.431. The molecule has 134 valence electrons. The van der Waals surface area contributed by atoms with Crippen LogP contribution in [0.1, 0.15) is 16.8 Å². The summed E-state index contributed by atoms with van der Waals surface area (Å²) in [6.07, 6.45) is 0.109. The van der Waals surface area contributed by atoms with E-state index in [-0.39, 0.29) is 38.0 Å². The van der Waals surface area contributed by atoms with E-state index in [1.807, 2.05) is 18.2 Å². The Bertz CT molecular complexity index is 775. The Hall–Kier alpha value is -3.15. The van der Waals surface area contributed by atoms with Gasteiger partial charge < -0.3 is 9.47 Å². The predicted octanol–water partition coefficient (Wildman–Crippen LogP) is 2.30. The Morgan fingerprint density at radius 3 is 2.35 bits per heavy atom. The van der Waals surface area contributed by atoms with Crippen molar-refractivity contribution in [3.05, 3.63) is 66.2 Å². The molecule has 0 saturated carbocycles. The van der Waals surface area contributed by atoms with Gasteiger partial charge in [0.15, 0.2) is 0 Å². The molecule has 0 N–H and O–H groups in total. The Kier molecular flexibility index (Phi) is 5.63. The van der Waals surface area contributed by atoms with Gasteiger partial charge in [0.05, 0.1) is 18.0 Å². The summed E-state index contributed by atoms with van der Waals surface area (Å²) in [6.45, 7) is 0.171. The standard InChI is InChI=1S/C20H19NO5/c22-18-13-16(14-26-17-9-5-2-6-10-17)19(23)21(18)11-12-25-20(24)15-7-3-1-4-8-15/h1-10,16H,11-14H2. The van der Waals surface area contributed by atoms with E-state index < -0.39 is 11.9 Å². The number of likely N-dealkylation sites (tertiary alicyclic amines) is 1. The summed E-state index contributed by atoms with van der Waals surface area (Å²) in [6, 6.07) is 17.7. The largest absolute Gasteiger partial charge is 0.493 e. The summed E-state index contributed by atoms with van der Waals surface area (Å²) < 4.78 is 10.7. The molecule has 0 spiro atoms. The molecule has 6 heteroatoms. The average Bonchev–Trinajstić information content (AvgIpc) is 2.95. The quantitative estimate of drug-likeness (QED) is 0.564. The fraction of sp³-hybridized carbons (Fsp3) is 0.250. The van der Waals surface area contributed by atoms with Crippen molar-refractivity contribution in [2.45, 2.75) is 6.42 Å². The molecule has 0 aliphatic carbocycles. The molecular weight excluding hydrogens is 334 g/mol. The Morgan fingerprint density at radius 2 is 1.65 bits per heavy atom. The zero-order valence-electron chi connectivity index (χ0n) is 14.2. The van der Waals surface area contributed by atoms with E-state index in [1.54, 1.807) is 42.5 Å². The summed E-state index contributed by atoms with van der Waals surface area (Å²) in [4.78, 5) is 37.4. The van der Waals surface area contributed by atoms with E-state index in [0.29, 0.717) is 11.3 Å². The molecule has 1 aliphatic heterocycles. The topological polar surface area (TPSA) is 72.9 Å². The van der Waals surface area contributed by atoms with E-state index in [9.17, 15) is 14.4 Å². The Morgan fingerprint density at radius 1 is 1.00 bits per heavy atom. The minimum Gasteiger partial charge on any atom is -0.493 e. The minimum atomic E-state index is -0.507. The smallest absolute Gasteiger partial charge is 0.338 e. The van der Waals surface area contributed by atoms with Gasteiger partial charge in [-0.2, -0.15) is 0 Å². The third kappa shape index (κ3) is 4.27. The lowest BCUT2D eigenvalue weighted by Crippen LogP contribution is -2.35. The lowest BCUT2D eigenvalue weighted by Gasteiger charge is -2.15. The second kappa shape index (κ2) is 8.29. The molecule has 2 aromatic carbocycles. The van der Waals surface area contributed by atoms with Crippen LogP contribution in [0.5, 0.6) is 5.75 Å². The van der Waals surface area contributed by atoms with Crippen LogP contribution in [-0.4, -0.2) is 42.4 Å². The number of imide groups is 1. The number of carbonyl (C=O) groups excluding carboxylic acids is 3. The highest BCUT2D eigenvalue weighted by Gasteiger charge is 2.38. The molecule has 2 amide bonds. The molecule has 3 rings (SSSR count). The first-order valence-corrected chi connectivity index (χ1v) is 8.39. The zero-order chi connectivity index (χ0) is 18.4. The summed E-state index contributed by atoms with van der Waals surface area (Å²) >= 11 is 0. The maximum Gasteiger partial charge on any atom is 0.338 e. The van der Waals surface area contributed by atoms with Gasteiger partial charge >= 0.3 is 5.97 Å². The number of esters is 1. The van der Waals surface area contributed by atoms with Gasteiger partial charge in [-0.3, -0.25) is 14.5 Å². The number of carbonyl (C=O) groups is 3. The lowest BCUT2D eigenvalue weighted by molar-refractivity contribution is -0.140. The molecule has 1 heterocycles. The summed E-state index contributed by atoms with van der Waals surface area (Å²) in [7, 11) is 0. The minimum absolute atomic E-state index is 0.0303. The van der Waals surface area contributed by atoms with Gasteiger partial charge in [0, 0.05) is 6.42 Å². The maximum absolute atomic E-state index is 12.4. The van der Waals surface area contributed by atoms with Crippen LogP contribution in [0.25, 0.3) is 0 Å². The van der Waals surface area contributed by atoms with Crippen molar-refractivity contribution in [3.8, 4) is 5.75 Å². The molecule has 1 unspecified atom stereocenters. The van der Waals surface area contributed by atoms with Crippen LogP contribution in [-0.2, 0) is 14.3 Å². The molecule has 0 aromatic heterocycles. The van der Waals surface area contributed by atoms with Gasteiger partial charge in [0.25, 0.3) is 0 Å². The number of ether oxygens (including phenoxy) is 2. The normalized spacial score (nSPS) is 16.6. The van der Waals surface area contributed by atoms with Gasteiger partial charge in [-0.1, -0.05) is 36.4 Å². The second-order valence-corrected chi connectivity index (χ2v) is 5.91. The van der Waals surface area contributed by atoms with Crippen molar-refractivity contribution in [2.24, 2.45) is 5.92 Å². The van der Waals surface area contributed by atoms with E-state index >= 15 is 0 Å². The molecular formula is C20H19NO5. The molecule has 0 radical (unpaired) electrons. The van der Waals surface area contributed by atoms with Crippen molar-refractivity contribution >= 4 is 17.8 Å². The number of nitrogens with zero attached hydrogens (tertiary/aromatic N) is 1. The fourth-order valence-corrected chi connectivity index (χ4v) is 2.72. The van der Waals surface area contributed by atoms with E-state index in [0.717, 1.165) is 4.90 Å². The van der Waals surface area contributed by atoms with Crippen LogP contribution in [0.3, 0.4) is 0 Å². The zero-order valence-corrected chi connectivity index (χ0v) is 14.2. The maximum atomic E-state index is 12.4. The van der Waals surface area contributed by atoms with Crippen LogP contribution in [0, 0.1) is 5.92 Å². The van der Waals surface area contributed by atoms with Gasteiger partial charge in [-0.05, 0) is 24.3 Å². The molecule has 2 aromatic rings. The number of rotatable bonds is 7. The number of para-hydroxylation sites is 1. The van der Waals surface area contributed by atoms with Crippen LogP contribution >= 0.6 is 0 Å². The number of benzene rings is 2. The number of hydrogen-bond donors (Lipinski definition) is 0. The number of amides is 2. The third-order valence-corrected chi connectivity index (χ3v) is 4.09.